The van der Waals surface area contributed by atoms with Crippen LogP contribution in [0.1, 0.15) is 52.9 Å². The maximum Gasteiger partial charge on any atom is 0.0634 e. The van der Waals surface area contributed by atoms with Gasteiger partial charge < -0.3 is 10.1 Å². The SMILES string of the molecule is CCCCC(CC)CN1CCOCC1CNCCC. The molecular formula is C16H34N2O. The standard InChI is InChI=1S/C16H34N2O/c1-4-7-8-15(6-3)13-18-10-11-19-14-16(18)12-17-9-5-2/h15-17H,4-14H2,1-3H3. The van der Waals surface area contributed by atoms with E-state index in [4.69, 9.17) is 4.74 Å². The number of rotatable bonds is 10. The molecule has 1 aliphatic heterocycles. The maximum atomic E-state index is 5.66. The fourth-order valence-electron chi connectivity index (χ4n) is 2.81. The fourth-order valence-corrected chi connectivity index (χ4v) is 2.81. The van der Waals surface area contributed by atoms with E-state index in [1.54, 1.807) is 0 Å². The molecule has 0 radical (unpaired) electrons. The Hall–Kier alpha value is -0.120. The van der Waals surface area contributed by atoms with E-state index in [0.29, 0.717) is 6.04 Å². The Labute approximate surface area is 120 Å². The molecule has 19 heavy (non-hydrogen) atoms. The predicted molar refractivity (Wildman–Crippen MR) is 82.6 cm³/mol. The molecule has 1 saturated heterocycles. The van der Waals surface area contributed by atoms with Crippen molar-refractivity contribution in [3.05, 3.63) is 0 Å². The molecule has 114 valence electrons. The minimum atomic E-state index is 0.580. The van der Waals surface area contributed by atoms with Gasteiger partial charge in [-0.3, -0.25) is 4.90 Å². The first-order valence-corrected chi connectivity index (χ1v) is 8.34. The summed E-state index contributed by atoms with van der Waals surface area (Å²) in [7, 11) is 0. The lowest BCUT2D eigenvalue weighted by Gasteiger charge is -2.37. The first kappa shape index (κ1) is 16.9. The zero-order valence-corrected chi connectivity index (χ0v) is 13.3. The van der Waals surface area contributed by atoms with Crippen molar-refractivity contribution < 1.29 is 4.74 Å². The van der Waals surface area contributed by atoms with Crippen molar-refractivity contribution >= 4 is 0 Å². The molecule has 0 bridgehead atoms. The average molecular weight is 270 g/mol. The molecule has 0 spiro atoms. The van der Waals surface area contributed by atoms with Gasteiger partial charge in [-0.15, -0.1) is 0 Å². The third-order valence-electron chi connectivity index (χ3n) is 4.19. The average Bonchev–Trinajstić information content (AvgIpc) is 2.45. The van der Waals surface area contributed by atoms with Crippen molar-refractivity contribution in [2.24, 2.45) is 5.92 Å². The monoisotopic (exact) mass is 270 g/mol. The molecule has 1 N–H and O–H groups in total. The van der Waals surface area contributed by atoms with Crippen LogP contribution in [0.2, 0.25) is 0 Å². The first-order chi connectivity index (χ1) is 9.31. The summed E-state index contributed by atoms with van der Waals surface area (Å²) in [6, 6.07) is 0.580. The molecule has 1 aliphatic rings. The molecule has 0 aliphatic carbocycles. The number of morpholine rings is 1. The predicted octanol–water partition coefficient (Wildman–Crippen LogP) is 2.90. The molecule has 0 amide bonds. The number of ether oxygens (including phenoxy) is 1. The highest BCUT2D eigenvalue weighted by molar-refractivity contribution is 4.79. The number of hydrogen-bond acceptors (Lipinski definition) is 3. The molecule has 0 aromatic rings. The maximum absolute atomic E-state index is 5.66. The number of nitrogens with zero attached hydrogens (tertiary/aromatic N) is 1. The van der Waals surface area contributed by atoms with Gasteiger partial charge in [0.15, 0.2) is 0 Å². The smallest absolute Gasteiger partial charge is 0.0634 e. The summed E-state index contributed by atoms with van der Waals surface area (Å²) in [4.78, 5) is 2.66. The highest BCUT2D eigenvalue weighted by atomic mass is 16.5. The van der Waals surface area contributed by atoms with Gasteiger partial charge >= 0.3 is 0 Å². The van der Waals surface area contributed by atoms with Gasteiger partial charge in [-0.1, -0.05) is 40.0 Å². The molecule has 3 heteroatoms. The van der Waals surface area contributed by atoms with Crippen molar-refractivity contribution in [3.63, 3.8) is 0 Å². The number of nitrogens with one attached hydrogen (secondary N) is 1. The van der Waals surface area contributed by atoms with Crippen LogP contribution in [0.3, 0.4) is 0 Å². The Morgan fingerprint density at radius 3 is 2.79 bits per heavy atom. The third-order valence-corrected chi connectivity index (χ3v) is 4.19. The second-order valence-corrected chi connectivity index (χ2v) is 5.84. The molecule has 1 heterocycles. The Balaban J connectivity index is 2.36. The van der Waals surface area contributed by atoms with Gasteiger partial charge in [0.05, 0.1) is 13.2 Å². The summed E-state index contributed by atoms with van der Waals surface area (Å²) < 4.78 is 5.66. The molecule has 0 aromatic carbocycles. The van der Waals surface area contributed by atoms with E-state index in [1.807, 2.05) is 0 Å². The lowest BCUT2D eigenvalue weighted by Crippen LogP contribution is -2.51. The van der Waals surface area contributed by atoms with E-state index in [-0.39, 0.29) is 0 Å². The van der Waals surface area contributed by atoms with Crippen LogP contribution in [0.4, 0.5) is 0 Å². The molecule has 3 nitrogen and oxygen atoms in total. The van der Waals surface area contributed by atoms with Crippen LogP contribution in [0.15, 0.2) is 0 Å². The first-order valence-electron chi connectivity index (χ1n) is 8.34. The Morgan fingerprint density at radius 2 is 2.11 bits per heavy atom. The van der Waals surface area contributed by atoms with Crippen molar-refractivity contribution in [1.82, 2.24) is 10.2 Å². The van der Waals surface area contributed by atoms with E-state index in [1.165, 1.54) is 38.6 Å². The van der Waals surface area contributed by atoms with E-state index in [0.717, 1.165) is 38.8 Å². The van der Waals surface area contributed by atoms with Crippen LogP contribution in [0.5, 0.6) is 0 Å². The van der Waals surface area contributed by atoms with Crippen molar-refractivity contribution in [1.29, 1.82) is 0 Å². The quantitative estimate of drug-likeness (QED) is 0.618. The Morgan fingerprint density at radius 1 is 1.26 bits per heavy atom. The highest BCUT2D eigenvalue weighted by Gasteiger charge is 2.24. The van der Waals surface area contributed by atoms with Crippen LogP contribution < -0.4 is 5.32 Å². The second kappa shape index (κ2) is 10.6. The fraction of sp³-hybridized carbons (Fsp3) is 1.00. The third kappa shape index (κ3) is 6.73. The van der Waals surface area contributed by atoms with Gasteiger partial charge in [-0.05, 0) is 25.3 Å². The van der Waals surface area contributed by atoms with E-state index in [9.17, 15) is 0 Å². The summed E-state index contributed by atoms with van der Waals surface area (Å²) in [5.41, 5.74) is 0. The Bertz CT molecular complexity index is 211. The molecular weight excluding hydrogens is 236 g/mol. The molecule has 0 saturated carbocycles. The summed E-state index contributed by atoms with van der Waals surface area (Å²) in [6.45, 7) is 13.2. The van der Waals surface area contributed by atoms with Gasteiger partial charge in [0.25, 0.3) is 0 Å². The summed E-state index contributed by atoms with van der Waals surface area (Å²) in [5, 5.41) is 3.55. The van der Waals surface area contributed by atoms with Gasteiger partial charge in [-0.25, -0.2) is 0 Å². The Kier molecular flexibility index (Phi) is 9.48. The normalized spacial score (nSPS) is 22.6. The minimum Gasteiger partial charge on any atom is -0.378 e. The van der Waals surface area contributed by atoms with Crippen molar-refractivity contribution in [3.8, 4) is 0 Å². The van der Waals surface area contributed by atoms with E-state index < -0.39 is 0 Å². The van der Waals surface area contributed by atoms with Crippen molar-refractivity contribution in [2.45, 2.75) is 58.9 Å². The van der Waals surface area contributed by atoms with Crippen LogP contribution in [0.25, 0.3) is 0 Å². The molecule has 2 unspecified atom stereocenters. The second-order valence-electron chi connectivity index (χ2n) is 5.84. The lowest BCUT2D eigenvalue weighted by molar-refractivity contribution is -0.0144. The molecule has 1 rings (SSSR count). The zero-order valence-electron chi connectivity index (χ0n) is 13.3. The largest absolute Gasteiger partial charge is 0.378 e. The van der Waals surface area contributed by atoms with Gasteiger partial charge in [0.2, 0.25) is 0 Å². The zero-order chi connectivity index (χ0) is 13.9. The highest BCUT2D eigenvalue weighted by Crippen LogP contribution is 2.17. The minimum absolute atomic E-state index is 0.580. The lowest BCUT2D eigenvalue weighted by atomic mass is 9.98. The van der Waals surface area contributed by atoms with Crippen LogP contribution in [-0.2, 0) is 4.74 Å². The molecule has 2 atom stereocenters. The van der Waals surface area contributed by atoms with Crippen LogP contribution in [0, 0.1) is 5.92 Å². The van der Waals surface area contributed by atoms with Gasteiger partial charge in [-0.2, -0.15) is 0 Å². The number of hydrogen-bond donors (Lipinski definition) is 1. The van der Waals surface area contributed by atoms with Gasteiger partial charge in [0, 0.05) is 25.7 Å². The molecule has 0 aromatic heterocycles. The van der Waals surface area contributed by atoms with Crippen LogP contribution in [-0.4, -0.2) is 50.3 Å². The van der Waals surface area contributed by atoms with Crippen molar-refractivity contribution in [2.75, 3.05) is 39.4 Å². The topological polar surface area (TPSA) is 24.5 Å². The molecule has 1 fully saturated rings. The summed E-state index contributed by atoms with van der Waals surface area (Å²) in [6.07, 6.45) is 6.61. The summed E-state index contributed by atoms with van der Waals surface area (Å²) >= 11 is 0. The summed E-state index contributed by atoms with van der Waals surface area (Å²) in [5.74, 6) is 0.867. The van der Waals surface area contributed by atoms with E-state index >= 15 is 0 Å². The number of unbranched alkanes of at least 4 members (excludes halogenated alkanes) is 1. The van der Waals surface area contributed by atoms with Gasteiger partial charge in [0.1, 0.15) is 0 Å². The van der Waals surface area contributed by atoms with E-state index in [2.05, 4.69) is 31.0 Å². The van der Waals surface area contributed by atoms with Crippen LogP contribution >= 0.6 is 0 Å².